The molecular formula is C14H26N2O. The molecule has 3 nitrogen and oxygen atoms in total. The lowest BCUT2D eigenvalue weighted by Gasteiger charge is -2.24. The molecule has 0 aliphatic carbocycles. The smallest absolute Gasteiger partial charge is 0.0638 e. The second kappa shape index (κ2) is 8.49. The largest absolute Gasteiger partial charge is 0.381 e. The minimum atomic E-state index is 0.392. The molecule has 0 saturated carbocycles. The fraction of sp³-hybridized carbons (Fsp3) is 0.929. The first kappa shape index (κ1) is 14.5. The lowest BCUT2D eigenvalue weighted by Crippen LogP contribution is -2.29. The number of hydrogen-bond donors (Lipinski definition) is 0. The van der Waals surface area contributed by atoms with Crippen LogP contribution in [0, 0.1) is 17.2 Å². The molecule has 1 atom stereocenters. The second-order valence-electron chi connectivity index (χ2n) is 5.24. The molecule has 0 aromatic rings. The number of hydrogen-bond acceptors (Lipinski definition) is 3. The van der Waals surface area contributed by atoms with Crippen LogP contribution in [0.4, 0.5) is 0 Å². The number of nitriles is 1. The van der Waals surface area contributed by atoms with Gasteiger partial charge in [-0.1, -0.05) is 12.8 Å². The summed E-state index contributed by atoms with van der Waals surface area (Å²) in [4.78, 5) is 2.30. The summed E-state index contributed by atoms with van der Waals surface area (Å²) in [6.07, 6.45) is 7.06. The molecule has 1 fully saturated rings. The molecule has 0 bridgehead atoms. The summed E-state index contributed by atoms with van der Waals surface area (Å²) in [5, 5.41) is 8.64. The average molecular weight is 238 g/mol. The molecule has 1 heterocycles. The predicted octanol–water partition coefficient (Wildman–Crippen LogP) is 2.82. The molecule has 17 heavy (non-hydrogen) atoms. The number of unbranched alkanes of at least 4 members (excludes halogenated alkanes) is 1. The van der Waals surface area contributed by atoms with Crippen molar-refractivity contribution in [1.82, 2.24) is 4.90 Å². The summed E-state index contributed by atoms with van der Waals surface area (Å²) >= 11 is 0. The van der Waals surface area contributed by atoms with E-state index in [4.69, 9.17) is 10.00 Å². The van der Waals surface area contributed by atoms with E-state index < -0.39 is 0 Å². The topological polar surface area (TPSA) is 36.3 Å². The van der Waals surface area contributed by atoms with Gasteiger partial charge in [0.05, 0.1) is 12.5 Å². The molecule has 0 radical (unpaired) electrons. The first-order valence-corrected chi connectivity index (χ1v) is 6.89. The highest BCUT2D eigenvalue weighted by Crippen LogP contribution is 2.20. The van der Waals surface area contributed by atoms with Gasteiger partial charge in [0.25, 0.3) is 0 Å². The van der Waals surface area contributed by atoms with Gasteiger partial charge in [-0.25, -0.2) is 0 Å². The molecule has 0 amide bonds. The molecule has 0 spiro atoms. The summed E-state index contributed by atoms with van der Waals surface area (Å²) in [6, 6.07) is 2.63. The maximum absolute atomic E-state index is 8.64. The predicted molar refractivity (Wildman–Crippen MR) is 69.7 cm³/mol. The Morgan fingerprint density at radius 2 is 2.06 bits per heavy atom. The number of rotatable bonds is 7. The van der Waals surface area contributed by atoms with Crippen LogP contribution in [0.2, 0.25) is 0 Å². The monoisotopic (exact) mass is 238 g/mol. The fourth-order valence-electron chi connectivity index (χ4n) is 2.34. The van der Waals surface area contributed by atoms with Crippen LogP contribution in [0.3, 0.4) is 0 Å². The molecule has 3 heteroatoms. The van der Waals surface area contributed by atoms with E-state index >= 15 is 0 Å². The lowest BCUT2D eigenvalue weighted by atomic mass is 9.94. The first-order chi connectivity index (χ1) is 8.24. The van der Waals surface area contributed by atoms with Gasteiger partial charge in [-0.15, -0.1) is 0 Å². The van der Waals surface area contributed by atoms with Crippen LogP contribution in [0.1, 0.15) is 45.4 Å². The van der Waals surface area contributed by atoms with Crippen molar-refractivity contribution in [2.24, 2.45) is 5.92 Å². The summed E-state index contributed by atoms with van der Waals surface area (Å²) in [5.41, 5.74) is 0. The Balaban J connectivity index is 2.01. The van der Waals surface area contributed by atoms with Crippen LogP contribution < -0.4 is 0 Å². The molecule has 1 unspecified atom stereocenters. The fourth-order valence-corrected chi connectivity index (χ4v) is 2.34. The van der Waals surface area contributed by atoms with Gasteiger partial charge in [-0.3, -0.25) is 0 Å². The Bertz CT molecular complexity index is 231. The summed E-state index contributed by atoms with van der Waals surface area (Å²) in [7, 11) is 2.12. The SMILES string of the molecule is CC(CC#N)N(C)CCCCC1CCOCC1. The molecule has 0 N–H and O–H groups in total. The molecule has 1 aliphatic heterocycles. The van der Waals surface area contributed by atoms with Crippen molar-refractivity contribution in [2.75, 3.05) is 26.8 Å². The van der Waals surface area contributed by atoms with Crippen molar-refractivity contribution in [2.45, 2.75) is 51.5 Å². The van der Waals surface area contributed by atoms with Crippen molar-refractivity contribution < 1.29 is 4.74 Å². The van der Waals surface area contributed by atoms with Gasteiger partial charge in [-0.2, -0.15) is 5.26 Å². The van der Waals surface area contributed by atoms with Gasteiger partial charge in [0, 0.05) is 19.3 Å². The summed E-state index contributed by atoms with van der Waals surface area (Å²) in [6.45, 7) is 5.17. The van der Waals surface area contributed by atoms with Crippen molar-refractivity contribution in [3.05, 3.63) is 0 Å². The molecular weight excluding hydrogens is 212 g/mol. The van der Waals surface area contributed by atoms with E-state index in [-0.39, 0.29) is 0 Å². The van der Waals surface area contributed by atoms with E-state index in [2.05, 4.69) is 24.9 Å². The molecule has 0 aromatic carbocycles. The Kier molecular flexibility index (Phi) is 7.23. The van der Waals surface area contributed by atoms with Crippen LogP contribution in [-0.4, -0.2) is 37.7 Å². The van der Waals surface area contributed by atoms with E-state index in [0.717, 1.165) is 25.7 Å². The first-order valence-electron chi connectivity index (χ1n) is 6.89. The van der Waals surface area contributed by atoms with Crippen molar-refractivity contribution in [3.63, 3.8) is 0 Å². The number of nitrogens with zero attached hydrogens (tertiary/aromatic N) is 2. The molecule has 1 aliphatic rings. The third kappa shape index (κ3) is 6.05. The van der Waals surface area contributed by atoms with Gasteiger partial charge in [0.1, 0.15) is 0 Å². The van der Waals surface area contributed by atoms with Crippen molar-refractivity contribution in [1.29, 1.82) is 5.26 Å². The summed E-state index contributed by atoms with van der Waals surface area (Å²) in [5.74, 6) is 0.894. The maximum atomic E-state index is 8.64. The van der Waals surface area contributed by atoms with Gasteiger partial charge in [0.2, 0.25) is 0 Å². The Hall–Kier alpha value is -0.590. The molecule has 1 rings (SSSR count). The third-order valence-electron chi connectivity index (χ3n) is 3.85. The lowest BCUT2D eigenvalue weighted by molar-refractivity contribution is 0.0628. The zero-order valence-electron chi connectivity index (χ0n) is 11.3. The van der Waals surface area contributed by atoms with E-state index in [1.165, 1.54) is 32.1 Å². The van der Waals surface area contributed by atoms with Gasteiger partial charge >= 0.3 is 0 Å². The van der Waals surface area contributed by atoms with Crippen LogP contribution in [0.15, 0.2) is 0 Å². The second-order valence-corrected chi connectivity index (χ2v) is 5.24. The molecule has 98 valence electrons. The standard InChI is InChI=1S/C14H26N2O/c1-13(6-9-15)16(2)10-4-3-5-14-7-11-17-12-8-14/h13-14H,3-8,10-12H2,1-2H3. The highest BCUT2D eigenvalue weighted by atomic mass is 16.5. The van der Waals surface area contributed by atoms with Crippen LogP contribution in [0.5, 0.6) is 0 Å². The Labute approximate surface area is 106 Å². The van der Waals surface area contributed by atoms with E-state index in [9.17, 15) is 0 Å². The van der Waals surface area contributed by atoms with Crippen LogP contribution >= 0.6 is 0 Å². The summed E-state index contributed by atoms with van der Waals surface area (Å²) < 4.78 is 5.36. The zero-order chi connectivity index (χ0) is 12.5. The van der Waals surface area contributed by atoms with Crippen molar-refractivity contribution in [3.8, 4) is 6.07 Å². The average Bonchev–Trinajstić information content (AvgIpc) is 2.36. The molecule has 0 aromatic heterocycles. The van der Waals surface area contributed by atoms with Gasteiger partial charge < -0.3 is 9.64 Å². The quantitative estimate of drug-likeness (QED) is 0.640. The Morgan fingerprint density at radius 3 is 2.71 bits per heavy atom. The van der Waals surface area contributed by atoms with E-state index in [1.54, 1.807) is 0 Å². The zero-order valence-corrected chi connectivity index (χ0v) is 11.3. The van der Waals surface area contributed by atoms with E-state index in [0.29, 0.717) is 12.5 Å². The minimum absolute atomic E-state index is 0.392. The highest BCUT2D eigenvalue weighted by molar-refractivity contribution is 4.78. The third-order valence-corrected chi connectivity index (χ3v) is 3.85. The van der Waals surface area contributed by atoms with Crippen LogP contribution in [0.25, 0.3) is 0 Å². The Morgan fingerprint density at radius 1 is 1.35 bits per heavy atom. The van der Waals surface area contributed by atoms with Crippen molar-refractivity contribution >= 4 is 0 Å². The normalized spacial score (nSPS) is 19.2. The van der Waals surface area contributed by atoms with Gasteiger partial charge in [0.15, 0.2) is 0 Å². The number of ether oxygens (including phenoxy) is 1. The van der Waals surface area contributed by atoms with Gasteiger partial charge in [-0.05, 0) is 45.7 Å². The highest BCUT2D eigenvalue weighted by Gasteiger charge is 2.13. The molecule has 1 saturated heterocycles. The van der Waals surface area contributed by atoms with Crippen LogP contribution in [-0.2, 0) is 4.74 Å². The minimum Gasteiger partial charge on any atom is -0.381 e. The van der Waals surface area contributed by atoms with E-state index in [1.807, 2.05) is 0 Å². The maximum Gasteiger partial charge on any atom is 0.0638 e.